The van der Waals surface area contributed by atoms with Crippen LogP contribution in [0.4, 0.5) is 0 Å². The summed E-state index contributed by atoms with van der Waals surface area (Å²) in [5, 5.41) is 0. The Balaban J connectivity index is -0.000000563. The standard InChI is InChI=1S/C9H10O3S.Ca.2H/c1-8(2)12-13(10,11)9-6-4-3-5-7-9;;;/h3-7H,1H2,2H3;;;/q;+2;2*-1. The SMILES string of the molecule is C=C(C)OS(=O)(=O)c1ccccc1.[Ca+2].[H-].[H-]. The number of rotatable bonds is 3. The van der Waals surface area contributed by atoms with E-state index in [9.17, 15) is 8.42 Å². The van der Waals surface area contributed by atoms with Gasteiger partial charge < -0.3 is 7.04 Å². The molecule has 0 atom stereocenters. The van der Waals surface area contributed by atoms with Crippen molar-refractivity contribution in [2.75, 3.05) is 0 Å². The van der Waals surface area contributed by atoms with Crippen molar-refractivity contribution in [1.29, 1.82) is 0 Å². The van der Waals surface area contributed by atoms with Gasteiger partial charge in [0.05, 0.1) is 0 Å². The molecule has 14 heavy (non-hydrogen) atoms. The van der Waals surface area contributed by atoms with Gasteiger partial charge in [0.1, 0.15) is 10.7 Å². The first kappa shape index (κ1) is 14.0. The maximum atomic E-state index is 11.4. The Morgan fingerprint density at radius 1 is 1.36 bits per heavy atom. The molecule has 3 nitrogen and oxygen atoms in total. The van der Waals surface area contributed by atoms with Gasteiger partial charge >= 0.3 is 47.9 Å². The smallest absolute Gasteiger partial charge is 1.00 e. The first-order chi connectivity index (χ1) is 6.02. The van der Waals surface area contributed by atoms with Crippen molar-refractivity contribution in [3.05, 3.63) is 42.7 Å². The van der Waals surface area contributed by atoms with Crippen LogP contribution in [0.1, 0.15) is 9.78 Å². The van der Waals surface area contributed by atoms with E-state index in [-0.39, 0.29) is 51.2 Å². The van der Waals surface area contributed by atoms with Gasteiger partial charge in [-0.1, -0.05) is 24.8 Å². The molecule has 0 heterocycles. The fourth-order valence-electron chi connectivity index (χ4n) is 0.823. The first-order valence-corrected chi connectivity index (χ1v) is 5.08. The fraction of sp³-hybridized carbons (Fsp3) is 0.111. The van der Waals surface area contributed by atoms with Crippen molar-refractivity contribution in [2.24, 2.45) is 0 Å². The average molecular weight is 240 g/mol. The quantitative estimate of drug-likeness (QED) is 0.459. The molecule has 0 aliphatic carbocycles. The van der Waals surface area contributed by atoms with E-state index in [0.29, 0.717) is 0 Å². The molecule has 0 aromatic heterocycles. The van der Waals surface area contributed by atoms with Gasteiger partial charge in [-0.05, 0) is 19.1 Å². The van der Waals surface area contributed by atoms with Gasteiger partial charge in [0.25, 0.3) is 0 Å². The van der Waals surface area contributed by atoms with Crippen LogP contribution in [0.3, 0.4) is 0 Å². The van der Waals surface area contributed by atoms with E-state index in [1.54, 1.807) is 18.2 Å². The van der Waals surface area contributed by atoms with Gasteiger partial charge in [-0.15, -0.1) is 0 Å². The fourth-order valence-corrected chi connectivity index (χ4v) is 1.78. The van der Waals surface area contributed by atoms with E-state index >= 15 is 0 Å². The van der Waals surface area contributed by atoms with Crippen molar-refractivity contribution in [1.82, 2.24) is 0 Å². The molecule has 0 bridgehead atoms. The van der Waals surface area contributed by atoms with Crippen molar-refractivity contribution < 1.29 is 15.5 Å². The van der Waals surface area contributed by atoms with Crippen LogP contribution in [0.25, 0.3) is 0 Å². The summed E-state index contributed by atoms with van der Waals surface area (Å²) in [5.41, 5.74) is 0. The third kappa shape index (κ3) is 4.00. The molecule has 0 fully saturated rings. The first-order valence-electron chi connectivity index (χ1n) is 3.67. The summed E-state index contributed by atoms with van der Waals surface area (Å²) in [6, 6.07) is 7.94. The monoisotopic (exact) mass is 240 g/mol. The second kappa shape index (κ2) is 5.75. The third-order valence-corrected chi connectivity index (χ3v) is 2.64. The number of hydrogen-bond acceptors (Lipinski definition) is 3. The van der Waals surface area contributed by atoms with Crippen LogP contribution >= 0.6 is 0 Å². The molecule has 5 heteroatoms. The van der Waals surface area contributed by atoms with Crippen LogP contribution < -0.4 is 0 Å². The van der Waals surface area contributed by atoms with Crippen molar-refractivity contribution in [3.8, 4) is 0 Å². The molecular weight excluding hydrogens is 228 g/mol. The van der Waals surface area contributed by atoms with E-state index in [0.717, 1.165) is 0 Å². The predicted molar refractivity (Wildman–Crippen MR) is 57.5 cm³/mol. The van der Waals surface area contributed by atoms with Crippen molar-refractivity contribution in [3.63, 3.8) is 0 Å². The summed E-state index contributed by atoms with van der Waals surface area (Å²) in [5.74, 6) is 0.156. The van der Waals surface area contributed by atoms with Crippen LogP contribution in [0.15, 0.2) is 47.6 Å². The normalized spacial score (nSPS) is 10.1. The van der Waals surface area contributed by atoms with Gasteiger partial charge in [0.2, 0.25) is 0 Å². The number of benzene rings is 1. The molecule has 74 valence electrons. The Kier molecular flexibility index (Phi) is 5.74. The molecule has 0 N–H and O–H groups in total. The van der Waals surface area contributed by atoms with Crippen LogP contribution in [-0.4, -0.2) is 46.2 Å². The second-order valence-electron chi connectivity index (χ2n) is 2.55. The van der Waals surface area contributed by atoms with E-state index in [2.05, 4.69) is 10.8 Å². The summed E-state index contributed by atoms with van der Waals surface area (Å²) in [6.07, 6.45) is 0. The Labute approximate surface area is 117 Å². The molecule has 0 unspecified atom stereocenters. The molecule has 0 aliphatic rings. The molecule has 0 amide bonds. The van der Waals surface area contributed by atoms with E-state index in [1.807, 2.05) is 0 Å². The molecule has 0 saturated carbocycles. The largest absolute Gasteiger partial charge is 2.00 e. The summed E-state index contributed by atoms with van der Waals surface area (Å²) in [4.78, 5) is 0.137. The minimum atomic E-state index is -3.66. The van der Waals surface area contributed by atoms with Gasteiger partial charge in [-0.25, -0.2) is 0 Å². The van der Waals surface area contributed by atoms with Gasteiger partial charge in [-0.3, -0.25) is 0 Å². The maximum Gasteiger partial charge on any atom is 2.00 e. The molecule has 0 aliphatic heterocycles. The molecule has 1 aromatic carbocycles. The zero-order valence-corrected chi connectivity index (χ0v) is 11.0. The molecule has 0 spiro atoms. The number of hydrogen-bond donors (Lipinski definition) is 0. The van der Waals surface area contributed by atoms with E-state index < -0.39 is 10.1 Å². The van der Waals surface area contributed by atoms with Crippen molar-refractivity contribution >= 4 is 47.9 Å². The number of allylic oxidation sites excluding steroid dienone is 1. The Hall–Kier alpha value is -0.0303. The third-order valence-electron chi connectivity index (χ3n) is 1.28. The van der Waals surface area contributed by atoms with Gasteiger partial charge in [0, 0.05) is 0 Å². The minimum Gasteiger partial charge on any atom is -1.00 e. The Bertz CT molecular complexity index is 406. The summed E-state index contributed by atoms with van der Waals surface area (Å²) in [7, 11) is -3.66. The minimum absolute atomic E-state index is 0. The van der Waals surface area contributed by atoms with Crippen molar-refractivity contribution in [2.45, 2.75) is 11.8 Å². The van der Waals surface area contributed by atoms with E-state index in [4.69, 9.17) is 0 Å². The van der Waals surface area contributed by atoms with Crippen LogP contribution in [0.5, 0.6) is 0 Å². The molecule has 1 rings (SSSR count). The summed E-state index contributed by atoms with van der Waals surface area (Å²) >= 11 is 0. The van der Waals surface area contributed by atoms with Crippen LogP contribution in [0.2, 0.25) is 0 Å². The second-order valence-corrected chi connectivity index (χ2v) is 4.10. The van der Waals surface area contributed by atoms with Crippen LogP contribution in [0, 0.1) is 0 Å². The van der Waals surface area contributed by atoms with Gasteiger partial charge in [-0.2, -0.15) is 8.42 Å². The Morgan fingerprint density at radius 3 is 2.29 bits per heavy atom. The summed E-state index contributed by atoms with van der Waals surface area (Å²) in [6.45, 7) is 4.85. The molecule has 0 saturated heterocycles. The van der Waals surface area contributed by atoms with Gasteiger partial charge in [0.15, 0.2) is 0 Å². The topological polar surface area (TPSA) is 43.4 Å². The maximum absolute atomic E-state index is 11.4. The van der Waals surface area contributed by atoms with E-state index in [1.165, 1.54) is 19.1 Å². The van der Waals surface area contributed by atoms with Crippen LogP contribution in [-0.2, 0) is 14.3 Å². The average Bonchev–Trinajstić information content (AvgIpc) is 2.04. The Morgan fingerprint density at radius 2 is 1.86 bits per heavy atom. The molecular formula is C9H12CaO3S. The predicted octanol–water partition coefficient (Wildman–Crippen LogP) is 1.77. The summed E-state index contributed by atoms with van der Waals surface area (Å²) < 4.78 is 27.3. The zero-order chi connectivity index (χ0) is 9.90. The molecule has 0 radical (unpaired) electrons. The zero-order valence-electron chi connectivity index (χ0n) is 9.93. The molecule has 1 aromatic rings.